The van der Waals surface area contributed by atoms with Crippen LogP contribution in [0.1, 0.15) is 36.8 Å². The molecule has 0 radical (unpaired) electrons. The Morgan fingerprint density at radius 1 is 1.35 bits per heavy atom. The van der Waals surface area contributed by atoms with Gasteiger partial charge in [0.2, 0.25) is 0 Å². The van der Waals surface area contributed by atoms with Gasteiger partial charge in [-0.05, 0) is 37.3 Å². The summed E-state index contributed by atoms with van der Waals surface area (Å²) in [4.78, 5) is 0. The Balaban J connectivity index is 1.82. The third-order valence-corrected chi connectivity index (χ3v) is 3.68. The molecule has 0 spiro atoms. The van der Waals surface area contributed by atoms with Gasteiger partial charge in [-0.1, -0.05) is 0 Å². The Hall–Kier alpha value is -1.94. The molecule has 3 rings (SSSR count). The topological polar surface area (TPSA) is 43.6 Å². The van der Waals surface area contributed by atoms with E-state index in [4.69, 9.17) is 13.9 Å². The molecule has 106 valence electrons. The van der Waals surface area contributed by atoms with Crippen molar-refractivity contribution >= 4 is 0 Å². The van der Waals surface area contributed by atoms with Crippen LogP contribution < -0.4 is 14.8 Å². The summed E-state index contributed by atoms with van der Waals surface area (Å²) < 4.78 is 16.5. The van der Waals surface area contributed by atoms with Gasteiger partial charge in [-0.3, -0.25) is 0 Å². The van der Waals surface area contributed by atoms with E-state index in [1.165, 1.54) is 0 Å². The molecule has 4 nitrogen and oxygen atoms in total. The maximum atomic E-state index is 5.71. The van der Waals surface area contributed by atoms with E-state index in [1.54, 1.807) is 13.4 Å². The lowest BCUT2D eigenvalue weighted by atomic mass is 9.99. The fourth-order valence-electron chi connectivity index (χ4n) is 2.59. The van der Waals surface area contributed by atoms with Gasteiger partial charge in [0.05, 0.1) is 26.0 Å². The van der Waals surface area contributed by atoms with Crippen molar-refractivity contribution in [1.82, 2.24) is 5.32 Å². The molecule has 1 aliphatic heterocycles. The molecule has 20 heavy (non-hydrogen) atoms. The van der Waals surface area contributed by atoms with Gasteiger partial charge in [0, 0.05) is 18.0 Å². The normalized spacial score (nSPS) is 19.0. The van der Waals surface area contributed by atoms with E-state index >= 15 is 0 Å². The van der Waals surface area contributed by atoms with Crippen LogP contribution in [0.25, 0.3) is 0 Å². The number of ether oxygens (including phenoxy) is 2. The molecule has 2 unspecified atom stereocenters. The van der Waals surface area contributed by atoms with Crippen molar-refractivity contribution in [3.05, 3.63) is 47.9 Å². The number of furan rings is 1. The van der Waals surface area contributed by atoms with Crippen LogP contribution in [0.5, 0.6) is 11.5 Å². The first kappa shape index (κ1) is 13.1. The highest BCUT2D eigenvalue weighted by atomic mass is 16.5. The molecule has 0 saturated heterocycles. The van der Waals surface area contributed by atoms with Crippen molar-refractivity contribution in [2.75, 3.05) is 13.7 Å². The van der Waals surface area contributed by atoms with E-state index in [9.17, 15) is 0 Å². The molecular formula is C16H19NO3. The number of benzene rings is 1. The lowest BCUT2D eigenvalue weighted by Crippen LogP contribution is -2.29. The monoisotopic (exact) mass is 273 g/mol. The highest BCUT2D eigenvalue weighted by molar-refractivity contribution is 5.43. The highest BCUT2D eigenvalue weighted by Gasteiger charge is 2.24. The highest BCUT2D eigenvalue weighted by Crippen LogP contribution is 2.36. The number of hydrogen-bond donors (Lipinski definition) is 1. The zero-order chi connectivity index (χ0) is 13.9. The lowest BCUT2D eigenvalue weighted by Gasteiger charge is -2.29. The van der Waals surface area contributed by atoms with Gasteiger partial charge in [0.1, 0.15) is 17.3 Å². The van der Waals surface area contributed by atoms with Crippen LogP contribution in [0.4, 0.5) is 0 Å². The average Bonchev–Trinajstić information content (AvgIpc) is 3.01. The smallest absolute Gasteiger partial charge is 0.124 e. The molecular weight excluding hydrogens is 254 g/mol. The second kappa shape index (κ2) is 5.59. The summed E-state index contributed by atoms with van der Waals surface area (Å²) in [5.41, 5.74) is 1.15. The van der Waals surface area contributed by atoms with Crippen LogP contribution >= 0.6 is 0 Å². The average molecular weight is 273 g/mol. The number of nitrogens with one attached hydrogen (secondary N) is 1. The summed E-state index contributed by atoms with van der Waals surface area (Å²) in [5, 5.41) is 3.60. The van der Waals surface area contributed by atoms with Gasteiger partial charge in [0.25, 0.3) is 0 Å². The Morgan fingerprint density at radius 2 is 2.25 bits per heavy atom. The molecule has 0 amide bonds. The van der Waals surface area contributed by atoms with Crippen molar-refractivity contribution in [3.63, 3.8) is 0 Å². The first-order valence-electron chi connectivity index (χ1n) is 6.88. The molecule has 0 saturated carbocycles. The Bertz CT molecular complexity index is 565. The van der Waals surface area contributed by atoms with E-state index in [-0.39, 0.29) is 12.1 Å². The first-order valence-corrected chi connectivity index (χ1v) is 6.88. The standard InChI is InChI=1S/C16H19NO3/c1-11(15-4-3-8-19-15)17-14-7-9-20-16-6-5-12(18-2)10-13(14)16/h3-6,8,10-11,14,17H,7,9H2,1-2H3. The predicted octanol–water partition coefficient (Wildman–Crippen LogP) is 3.46. The molecule has 1 aromatic heterocycles. The summed E-state index contributed by atoms with van der Waals surface area (Å²) in [6, 6.07) is 10.2. The zero-order valence-electron chi connectivity index (χ0n) is 11.8. The fourth-order valence-corrected chi connectivity index (χ4v) is 2.59. The number of rotatable bonds is 4. The van der Waals surface area contributed by atoms with E-state index < -0.39 is 0 Å². The van der Waals surface area contributed by atoms with Crippen LogP contribution in [0.2, 0.25) is 0 Å². The maximum Gasteiger partial charge on any atom is 0.124 e. The van der Waals surface area contributed by atoms with E-state index in [0.717, 1.165) is 35.9 Å². The largest absolute Gasteiger partial charge is 0.497 e. The molecule has 2 aromatic rings. The quantitative estimate of drug-likeness (QED) is 0.926. The summed E-state index contributed by atoms with van der Waals surface area (Å²) in [5.74, 6) is 2.73. The molecule has 1 N–H and O–H groups in total. The minimum absolute atomic E-state index is 0.159. The minimum atomic E-state index is 0.159. The van der Waals surface area contributed by atoms with Crippen molar-refractivity contribution < 1.29 is 13.9 Å². The fraction of sp³-hybridized carbons (Fsp3) is 0.375. The molecule has 1 aromatic carbocycles. The van der Waals surface area contributed by atoms with Crippen LogP contribution in [-0.2, 0) is 0 Å². The van der Waals surface area contributed by atoms with Gasteiger partial charge in [-0.2, -0.15) is 0 Å². The maximum absolute atomic E-state index is 5.71. The van der Waals surface area contributed by atoms with Crippen molar-refractivity contribution in [2.45, 2.75) is 25.4 Å². The summed E-state index contributed by atoms with van der Waals surface area (Å²) in [7, 11) is 1.68. The van der Waals surface area contributed by atoms with Gasteiger partial charge >= 0.3 is 0 Å². The second-order valence-corrected chi connectivity index (χ2v) is 5.00. The minimum Gasteiger partial charge on any atom is -0.497 e. The molecule has 0 aliphatic carbocycles. The predicted molar refractivity (Wildman–Crippen MR) is 76.1 cm³/mol. The zero-order valence-corrected chi connectivity index (χ0v) is 11.8. The van der Waals surface area contributed by atoms with Crippen LogP contribution in [0.15, 0.2) is 41.0 Å². The molecule has 1 aliphatic rings. The van der Waals surface area contributed by atoms with E-state index in [1.807, 2.05) is 30.3 Å². The first-order chi connectivity index (χ1) is 9.78. The lowest BCUT2D eigenvalue weighted by molar-refractivity contribution is 0.241. The molecule has 0 bridgehead atoms. The summed E-state index contributed by atoms with van der Waals surface area (Å²) in [6.45, 7) is 2.83. The van der Waals surface area contributed by atoms with E-state index in [2.05, 4.69) is 12.2 Å². The van der Waals surface area contributed by atoms with Crippen molar-refractivity contribution in [3.8, 4) is 11.5 Å². The van der Waals surface area contributed by atoms with Crippen molar-refractivity contribution in [1.29, 1.82) is 0 Å². The molecule has 0 fully saturated rings. The third kappa shape index (κ3) is 2.51. The Morgan fingerprint density at radius 3 is 3.00 bits per heavy atom. The van der Waals surface area contributed by atoms with Gasteiger partial charge < -0.3 is 19.2 Å². The Kier molecular flexibility index (Phi) is 3.65. The SMILES string of the molecule is COc1ccc2c(c1)C(NC(C)c1ccco1)CCO2. The van der Waals surface area contributed by atoms with Gasteiger partial charge in [-0.15, -0.1) is 0 Å². The van der Waals surface area contributed by atoms with Gasteiger partial charge in [0.15, 0.2) is 0 Å². The summed E-state index contributed by atoms with van der Waals surface area (Å²) >= 11 is 0. The number of hydrogen-bond acceptors (Lipinski definition) is 4. The van der Waals surface area contributed by atoms with Crippen LogP contribution in [0.3, 0.4) is 0 Å². The van der Waals surface area contributed by atoms with Crippen molar-refractivity contribution in [2.24, 2.45) is 0 Å². The Labute approximate surface area is 118 Å². The van der Waals surface area contributed by atoms with Crippen LogP contribution in [0, 0.1) is 0 Å². The summed E-state index contributed by atoms with van der Waals surface area (Å²) in [6.07, 6.45) is 2.64. The van der Waals surface area contributed by atoms with Crippen LogP contribution in [-0.4, -0.2) is 13.7 Å². The second-order valence-electron chi connectivity index (χ2n) is 5.00. The number of methoxy groups -OCH3 is 1. The molecule has 2 atom stereocenters. The third-order valence-electron chi connectivity index (χ3n) is 3.68. The molecule has 2 heterocycles. The molecule has 4 heteroatoms. The van der Waals surface area contributed by atoms with E-state index in [0.29, 0.717) is 0 Å². The van der Waals surface area contributed by atoms with Gasteiger partial charge in [-0.25, -0.2) is 0 Å². The number of fused-ring (bicyclic) bond motifs is 1.